The first-order chi connectivity index (χ1) is 14.9. The molecule has 0 saturated heterocycles. The number of rotatable bonds is 5. The smallest absolute Gasteiger partial charge is 0.269 e. The molecule has 1 N–H and O–H groups in total. The summed E-state index contributed by atoms with van der Waals surface area (Å²) in [6.45, 7) is 0. The lowest BCUT2D eigenvalue weighted by atomic mass is 10.1. The van der Waals surface area contributed by atoms with Gasteiger partial charge in [-0.2, -0.15) is 5.10 Å². The number of hydrazone groups is 1. The molecule has 31 heavy (non-hydrogen) atoms. The molecule has 1 heterocycles. The van der Waals surface area contributed by atoms with Crippen LogP contribution < -0.4 is 5.01 Å². The summed E-state index contributed by atoms with van der Waals surface area (Å²) in [7, 11) is 0. The summed E-state index contributed by atoms with van der Waals surface area (Å²) < 4.78 is 0. The van der Waals surface area contributed by atoms with Crippen LogP contribution in [0.25, 0.3) is 5.70 Å². The van der Waals surface area contributed by atoms with Gasteiger partial charge in [-0.1, -0.05) is 60.3 Å². The summed E-state index contributed by atoms with van der Waals surface area (Å²) in [6, 6.07) is 23.7. The fourth-order valence-corrected chi connectivity index (χ4v) is 5.13. The van der Waals surface area contributed by atoms with Gasteiger partial charge in [0.2, 0.25) is 5.78 Å². The number of nitro benzene ring substituents is 1. The second-order valence-electron chi connectivity index (χ2n) is 6.71. The van der Waals surface area contributed by atoms with Crippen molar-refractivity contribution in [3.63, 3.8) is 0 Å². The van der Waals surface area contributed by atoms with Gasteiger partial charge in [-0.25, -0.2) is 5.01 Å². The van der Waals surface area contributed by atoms with Crippen molar-refractivity contribution in [2.45, 2.75) is 0 Å². The largest absolute Gasteiger partial charge is 0.357 e. The molecule has 1 aliphatic heterocycles. The number of ketones is 1. The van der Waals surface area contributed by atoms with Gasteiger partial charge in [0, 0.05) is 29.1 Å². The first kappa shape index (κ1) is 20.8. The van der Waals surface area contributed by atoms with Crippen molar-refractivity contribution < 1.29 is 14.6 Å². The minimum Gasteiger partial charge on any atom is -0.357 e. The van der Waals surface area contributed by atoms with E-state index in [1.165, 1.54) is 30.1 Å². The molecule has 0 saturated carbocycles. The van der Waals surface area contributed by atoms with E-state index in [9.17, 15) is 19.8 Å². The van der Waals surface area contributed by atoms with Crippen LogP contribution in [-0.4, -0.2) is 21.1 Å². The van der Waals surface area contributed by atoms with Crippen molar-refractivity contribution in [2.75, 3.05) is 5.01 Å². The number of benzene rings is 3. The van der Waals surface area contributed by atoms with Gasteiger partial charge in [0.05, 0.1) is 16.3 Å². The van der Waals surface area contributed by atoms with E-state index < -0.39 is 17.0 Å². The van der Waals surface area contributed by atoms with Crippen LogP contribution in [0.1, 0.15) is 15.9 Å². The molecule has 1 atom stereocenters. The molecule has 9 heteroatoms. The number of non-ortho nitro benzene ring substituents is 1. The maximum Gasteiger partial charge on any atom is 0.269 e. The van der Waals surface area contributed by atoms with Crippen LogP contribution in [0.3, 0.4) is 0 Å². The van der Waals surface area contributed by atoms with E-state index in [1.54, 1.807) is 5.01 Å². The third-order valence-corrected chi connectivity index (χ3v) is 6.97. The van der Waals surface area contributed by atoms with E-state index >= 15 is 0 Å². The highest BCUT2D eigenvalue weighted by Gasteiger charge is 2.34. The minimum absolute atomic E-state index is 0.136. The van der Waals surface area contributed by atoms with Crippen molar-refractivity contribution in [1.29, 1.82) is 0 Å². The Kier molecular flexibility index (Phi) is 5.61. The van der Waals surface area contributed by atoms with Gasteiger partial charge in [0.25, 0.3) is 5.69 Å². The van der Waals surface area contributed by atoms with Crippen molar-refractivity contribution in [3.8, 4) is 0 Å². The molecule has 1 unspecified atom stereocenters. The zero-order valence-electron chi connectivity index (χ0n) is 16.0. The maximum absolute atomic E-state index is 13.2. The zero-order chi connectivity index (χ0) is 22.0. The van der Waals surface area contributed by atoms with Crippen LogP contribution in [0.2, 0.25) is 0 Å². The molecule has 4 rings (SSSR count). The van der Waals surface area contributed by atoms with E-state index in [0.717, 1.165) is 5.56 Å². The lowest BCUT2D eigenvalue weighted by molar-refractivity contribution is -0.384. The third kappa shape index (κ3) is 4.22. The number of nitro groups is 1. The molecule has 7 nitrogen and oxygen atoms in total. The van der Waals surface area contributed by atoms with Crippen molar-refractivity contribution in [1.82, 2.24) is 0 Å². The van der Waals surface area contributed by atoms with Crippen molar-refractivity contribution in [2.24, 2.45) is 5.10 Å². The molecular weight excluding hydrogens is 433 g/mol. The summed E-state index contributed by atoms with van der Waals surface area (Å²) >= 11 is 5.44. The van der Waals surface area contributed by atoms with Gasteiger partial charge in [-0.15, -0.1) is 0 Å². The summed E-state index contributed by atoms with van der Waals surface area (Å²) in [4.78, 5) is 34.6. The average Bonchev–Trinajstić information content (AvgIpc) is 2.79. The quantitative estimate of drug-likeness (QED) is 0.255. The van der Waals surface area contributed by atoms with Gasteiger partial charge >= 0.3 is 0 Å². The second-order valence-corrected chi connectivity index (χ2v) is 10.3. The van der Waals surface area contributed by atoms with Crippen LogP contribution in [-0.2, 0) is 11.8 Å². The van der Waals surface area contributed by atoms with Crippen LogP contribution >= 0.6 is 6.26 Å². The Labute approximate surface area is 183 Å². The van der Waals surface area contributed by atoms with Crippen LogP contribution in [0.4, 0.5) is 11.4 Å². The van der Waals surface area contributed by atoms with Crippen LogP contribution in [0.5, 0.6) is 0 Å². The molecule has 0 amide bonds. The number of anilines is 1. The van der Waals surface area contributed by atoms with Gasteiger partial charge in [-0.3, -0.25) is 14.9 Å². The average molecular weight is 449 g/mol. The topological polar surface area (TPSA) is 96.0 Å². The highest BCUT2D eigenvalue weighted by molar-refractivity contribution is 8.22. The Bertz CT molecular complexity index is 1260. The lowest BCUT2D eigenvalue weighted by Crippen LogP contribution is -2.26. The van der Waals surface area contributed by atoms with Crippen LogP contribution in [0, 0.1) is 10.1 Å². The molecule has 0 spiro atoms. The first-order valence-electron chi connectivity index (χ1n) is 9.21. The number of hydrogen-bond acceptors (Lipinski definition) is 6. The fraction of sp³-hybridized carbons (Fsp3) is 0. The third-order valence-electron chi connectivity index (χ3n) is 4.64. The molecule has 0 aliphatic carbocycles. The molecule has 3 aromatic rings. The SMILES string of the molecule is O=C(C1=NN(c2ccccc2)C(c2ccccc2)=CP1(O)=S)c1ccc([N+](=O)[O-])cc1. The fourth-order valence-electron chi connectivity index (χ4n) is 3.12. The highest BCUT2D eigenvalue weighted by Crippen LogP contribution is 2.52. The molecule has 3 aromatic carbocycles. The van der Waals surface area contributed by atoms with Gasteiger partial charge in [-0.05, 0) is 24.3 Å². The molecule has 0 radical (unpaired) electrons. The van der Waals surface area contributed by atoms with Crippen molar-refractivity contribution in [3.05, 3.63) is 112 Å². The molecule has 0 bridgehead atoms. The highest BCUT2D eigenvalue weighted by atomic mass is 32.4. The van der Waals surface area contributed by atoms with E-state index in [1.807, 2.05) is 60.7 Å². The number of Topliss-reactive ketones (excluding diaryl/α,β-unsaturated/α-hetero) is 1. The number of hydrogen-bond donors (Lipinski definition) is 1. The number of para-hydroxylation sites is 1. The van der Waals surface area contributed by atoms with Gasteiger partial charge in [0.1, 0.15) is 6.26 Å². The van der Waals surface area contributed by atoms with Gasteiger partial charge in [0.15, 0.2) is 5.45 Å². The van der Waals surface area contributed by atoms with E-state index in [2.05, 4.69) is 5.10 Å². The Morgan fingerprint density at radius 2 is 1.55 bits per heavy atom. The molecule has 0 fully saturated rings. The van der Waals surface area contributed by atoms with E-state index in [-0.39, 0.29) is 16.7 Å². The lowest BCUT2D eigenvalue weighted by Gasteiger charge is -2.30. The van der Waals surface area contributed by atoms with Crippen molar-refractivity contribution >= 4 is 46.4 Å². The Hall–Kier alpha value is -3.45. The minimum atomic E-state index is -3.43. The normalized spacial score (nSPS) is 18.2. The predicted octanol–water partition coefficient (Wildman–Crippen LogP) is 5.00. The Morgan fingerprint density at radius 1 is 0.968 bits per heavy atom. The van der Waals surface area contributed by atoms with Crippen LogP contribution in [0.15, 0.2) is 95.8 Å². The summed E-state index contributed by atoms with van der Waals surface area (Å²) in [5.41, 5.74) is 1.94. The first-order valence-corrected chi connectivity index (χ1v) is 12.0. The number of nitrogens with zero attached hydrogens (tertiary/aromatic N) is 3. The van der Waals surface area contributed by atoms with E-state index in [4.69, 9.17) is 11.8 Å². The number of carbonyl (C=O) groups is 1. The maximum atomic E-state index is 13.2. The van der Waals surface area contributed by atoms with Gasteiger partial charge < -0.3 is 4.89 Å². The zero-order valence-corrected chi connectivity index (χ0v) is 17.7. The van der Waals surface area contributed by atoms with E-state index in [0.29, 0.717) is 11.4 Å². The Balaban J connectivity index is 1.81. The molecular formula is C22H16N3O4PS. The standard InChI is InChI=1S/C22H16N3O4PS/c26-21(17-11-13-19(14-12-17)25(27)28)22-23-24(18-9-5-2-6-10-18)20(15-30(22,29)31)16-7-3-1-4-8-16/h1-15H,(H,29,31). The molecule has 1 aliphatic rings. The summed E-state index contributed by atoms with van der Waals surface area (Å²) in [5.74, 6) is 0.959. The number of carbonyl (C=O) groups excluding carboxylic acids is 1. The predicted molar refractivity (Wildman–Crippen MR) is 125 cm³/mol. The molecule has 0 aromatic heterocycles. The molecule has 154 valence electrons. The monoisotopic (exact) mass is 449 g/mol. The second kappa shape index (κ2) is 8.35. The summed E-state index contributed by atoms with van der Waals surface area (Å²) in [5, 5.41) is 17.0. The summed E-state index contributed by atoms with van der Waals surface area (Å²) in [6.07, 6.45) is -3.43. The Morgan fingerprint density at radius 3 is 2.13 bits per heavy atom.